The summed E-state index contributed by atoms with van der Waals surface area (Å²) in [4.78, 5) is 17.6. The van der Waals surface area contributed by atoms with Gasteiger partial charge in [-0.2, -0.15) is 0 Å². The number of hydrogen-bond acceptors (Lipinski definition) is 3. The molecule has 1 heterocycles. The summed E-state index contributed by atoms with van der Waals surface area (Å²) in [6, 6.07) is 5.68. The molecule has 7 heteroatoms. The van der Waals surface area contributed by atoms with Crippen molar-refractivity contribution in [3.8, 4) is 0 Å². The van der Waals surface area contributed by atoms with Crippen molar-refractivity contribution in [3.63, 3.8) is 0 Å². The molecule has 3 N–H and O–H groups in total. The molecule has 1 aromatic rings. The molecule has 0 aromatic heterocycles. The smallest absolute Gasteiger partial charge is 0.246 e. The molecule has 0 spiro atoms. The fourth-order valence-electron chi connectivity index (χ4n) is 1.81. The first-order valence-electron chi connectivity index (χ1n) is 6.33. The van der Waals surface area contributed by atoms with Gasteiger partial charge >= 0.3 is 0 Å². The minimum Gasteiger partial charge on any atom is -0.378 e. The third-order valence-corrected chi connectivity index (χ3v) is 2.83. The van der Waals surface area contributed by atoms with Crippen LogP contribution in [0, 0.1) is 5.82 Å². The number of nitrogens with two attached hydrogens (primary N) is 1. The maximum atomic E-state index is 13.0. The first-order valence-corrected chi connectivity index (χ1v) is 6.33. The highest BCUT2D eigenvalue weighted by Gasteiger charge is 2.12. The molecule has 108 valence electrons. The summed E-state index contributed by atoms with van der Waals surface area (Å²) >= 11 is 0. The van der Waals surface area contributed by atoms with E-state index in [0.29, 0.717) is 38.0 Å². The number of anilines is 1. The third-order valence-electron chi connectivity index (χ3n) is 2.83. The van der Waals surface area contributed by atoms with E-state index < -0.39 is 5.82 Å². The number of guanidine groups is 1. The van der Waals surface area contributed by atoms with Crippen LogP contribution in [0.5, 0.6) is 0 Å². The zero-order valence-corrected chi connectivity index (χ0v) is 11.0. The van der Waals surface area contributed by atoms with Crippen LogP contribution in [0.1, 0.15) is 0 Å². The van der Waals surface area contributed by atoms with Crippen LogP contribution in [0.25, 0.3) is 0 Å². The van der Waals surface area contributed by atoms with Crippen molar-refractivity contribution in [2.45, 2.75) is 0 Å². The van der Waals surface area contributed by atoms with Gasteiger partial charge in [-0.15, -0.1) is 0 Å². The first kappa shape index (κ1) is 14.3. The van der Waals surface area contributed by atoms with Crippen molar-refractivity contribution in [2.24, 2.45) is 10.7 Å². The zero-order valence-electron chi connectivity index (χ0n) is 11.0. The summed E-state index contributed by atoms with van der Waals surface area (Å²) in [7, 11) is 0. The van der Waals surface area contributed by atoms with E-state index in [-0.39, 0.29) is 12.5 Å². The SMILES string of the molecule is NC(=NCC(=O)Nc1cccc(F)c1)N1CCOCC1. The van der Waals surface area contributed by atoms with Crippen LogP contribution in [0.4, 0.5) is 10.1 Å². The Morgan fingerprint density at radius 1 is 1.45 bits per heavy atom. The average Bonchev–Trinajstić information content (AvgIpc) is 2.46. The molecule has 20 heavy (non-hydrogen) atoms. The van der Waals surface area contributed by atoms with Gasteiger partial charge in [0.15, 0.2) is 5.96 Å². The third kappa shape index (κ3) is 4.20. The van der Waals surface area contributed by atoms with Gasteiger partial charge in [-0.3, -0.25) is 4.79 Å². The largest absolute Gasteiger partial charge is 0.378 e. The normalized spacial score (nSPS) is 16.1. The maximum absolute atomic E-state index is 13.0. The molecule has 1 fully saturated rings. The highest BCUT2D eigenvalue weighted by molar-refractivity contribution is 5.93. The Balaban J connectivity index is 1.84. The van der Waals surface area contributed by atoms with Gasteiger partial charge < -0.3 is 20.7 Å². The van der Waals surface area contributed by atoms with Crippen LogP contribution in [0.2, 0.25) is 0 Å². The van der Waals surface area contributed by atoms with Crippen LogP contribution >= 0.6 is 0 Å². The zero-order chi connectivity index (χ0) is 14.4. The van der Waals surface area contributed by atoms with E-state index in [2.05, 4.69) is 10.3 Å². The van der Waals surface area contributed by atoms with Crippen LogP contribution in [0.3, 0.4) is 0 Å². The molecule has 0 aliphatic carbocycles. The second kappa shape index (κ2) is 6.85. The molecule has 0 bridgehead atoms. The Labute approximate surface area is 116 Å². The number of halogens is 1. The standard InChI is InChI=1S/C13H17FN4O2/c14-10-2-1-3-11(8-10)17-12(19)9-16-13(15)18-4-6-20-7-5-18/h1-3,8H,4-7,9H2,(H2,15,16)(H,17,19). The Bertz CT molecular complexity index is 501. The topological polar surface area (TPSA) is 79.9 Å². The molecular formula is C13H17FN4O2. The minimum atomic E-state index is -0.404. The lowest BCUT2D eigenvalue weighted by Crippen LogP contribution is -2.45. The highest BCUT2D eigenvalue weighted by atomic mass is 19.1. The van der Waals surface area contributed by atoms with Crippen molar-refractivity contribution in [3.05, 3.63) is 30.1 Å². The Hall–Kier alpha value is -2.15. The number of aliphatic imine (C=N–C) groups is 1. The summed E-state index contributed by atoms with van der Waals surface area (Å²) in [6.45, 7) is 2.44. The number of morpholine rings is 1. The van der Waals surface area contributed by atoms with E-state index in [1.54, 1.807) is 6.07 Å². The van der Waals surface area contributed by atoms with E-state index in [0.717, 1.165) is 0 Å². The summed E-state index contributed by atoms with van der Waals surface area (Å²) in [5.41, 5.74) is 6.19. The minimum absolute atomic E-state index is 0.0975. The molecule has 1 amide bonds. The first-order chi connectivity index (χ1) is 9.65. The Morgan fingerprint density at radius 3 is 2.90 bits per heavy atom. The summed E-state index contributed by atoms with van der Waals surface area (Å²) < 4.78 is 18.2. The number of carbonyl (C=O) groups is 1. The molecule has 1 aliphatic heterocycles. The Kier molecular flexibility index (Phi) is 4.89. The fraction of sp³-hybridized carbons (Fsp3) is 0.385. The van der Waals surface area contributed by atoms with Crippen LogP contribution in [0.15, 0.2) is 29.3 Å². The summed E-state index contributed by atoms with van der Waals surface area (Å²) in [6.07, 6.45) is 0. The molecule has 0 atom stereocenters. The van der Waals surface area contributed by atoms with E-state index >= 15 is 0 Å². The highest BCUT2D eigenvalue weighted by Crippen LogP contribution is 2.08. The van der Waals surface area contributed by atoms with Gasteiger partial charge in [0.2, 0.25) is 5.91 Å². The lowest BCUT2D eigenvalue weighted by atomic mass is 10.3. The van der Waals surface area contributed by atoms with Gasteiger partial charge in [0.1, 0.15) is 12.4 Å². The summed E-state index contributed by atoms with van der Waals surface area (Å²) in [5.74, 6) is -0.423. The molecule has 0 radical (unpaired) electrons. The molecule has 0 saturated carbocycles. The summed E-state index contributed by atoms with van der Waals surface area (Å²) in [5, 5.41) is 2.56. The lowest BCUT2D eigenvalue weighted by Gasteiger charge is -2.27. The van der Waals surface area contributed by atoms with E-state index in [1.807, 2.05) is 4.90 Å². The van der Waals surface area contributed by atoms with Gasteiger partial charge in [0.25, 0.3) is 0 Å². The molecule has 1 saturated heterocycles. The number of benzene rings is 1. The monoisotopic (exact) mass is 280 g/mol. The number of nitrogens with zero attached hydrogens (tertiary/aromatic N) is 2. The predicted octanol–water partition coefficient (Wildman–Crippen LogP) is 0.411. The Morgan fingerprint density at radius 2 is 2.20 bits per heavy atom. The molecule has 6 nitrogen and oxygen atoms in total. The van der Waals surface area contributed by atoms with E-state index in [9.17, 15) is 9.18 Å². The quantitative estimate of drug-likeness (QED) is 0.621. The molecule has 1 aromatic carbocycles. The number of carbonyl (C=O) groups excluding carboxylic acids is 1. The van der Waals surface area contributed by atoms with Crippen molar-refractivity contribution in [1.29, 1.82) is 0 Å². The molecular weight excluding hydrogens is 263 g/mol. The maximum Gasteiger partial charge on any atom is 0.246 e. The van der Waals surface area contributed by atoms with Gasteiger partial charge in [-0.25, -0.2) is 9.38 Å². The van der Waals surface area contributed by atoms with Crippen molar-refractivity contribution in [1.82, 2.24) is 4.90 Å². The van der Waals surface area contributed by atoms with Gasteiger partial charge in [0, 0.05) is 18.8 Å². The van der Waals surface area contributed by atoms with Gasteiger partial charge in [-0.1, -0.05) is 6.07 Å². The molecule has 2 rings (SSSR count). The predicted molar refractivity (Wildman–Crippen MR) is 73.9 cm³/mol. The molecule has 0 unspecified atom stereocenters. The van der Waals surface area contributed by atoms with Crippen molar-refractivity contribution < 1.29 is 13.9 Å². The second-order valence-electron chi connectivity index (χ2n) is 4.33. The van der Waals surface area contributed by atoms with Gasteiger partial charge in [-0.05, 0) is 18.2 Å². The van der Waals surface area contributed by atoms with E-state index in [4.69, 9.17) is 10.5 Å². The van der Waals surface area contributed by atoms with Crippen LogP contribution in [-0.4, -0.2) is 49.6 Å². The number of hydrogen-bond donors (Lipinski definition) is 2. The number of rotatable bonds is 3. The fourth-order valence-corrected chi connectivity index (χ4v) is 1.81. The van der Waals surface area contributed by atoms with Crippen LogP contribution in [-0.2, 0) is 9.53 Å². The average molecular weight is 280 g/mol. The second-order valence-corrected chi connectivity index (χ2v) is 4.33. The number of ether oxygens (including phenoxy) is 1. The molecule has 1 aliphatic rings. The lowest BCUT2D eigenvalue weighted by molar-refractivity contribution is -0.114. The number of amides is 1. The van der Waals surface area contributed by atoms with E-state index in [1.165, 1.54) is 18.2 Å². The van der Waals surface area contributed by atoms with Gasteiger partial charge in [0.05, 0.1) is 13.2 Å². The van der Waals surface area contributed by atoms with Crippen molar-refractivity contribution in [2.75, 3.05) is 38.2 Å². The van der Waals surface area contributed by atoms with Crippen molar-refractivity contribution >= 4 is 17.6 Å². The van der Waals surface area contributed by atoms with Crippen LogP contribution < -0.4 is 11.1 Å². The number of nitrogens with one attached hydrogen (secondary N) is 1.